The van der Waals surface area contributed by atoms with E-state index in [1.165, 1.54) is 16.7 Å². The van der Waals surface area contributed by atoms with Gasteiger partial charge >= 0.3 is 0 Å². The van der Waals surface area contributed by atoms with Gasteiger partial charge < -0.3 is 5.11 Å². The Morgan fingerprint density at radius 1 is 1.05 bits per heavy atom. The van der Waals surface area contributed by atoms with Crippen molar-refractivity contribution in [3.8, 4) is 12.3 Å². The van der Waals surface area contributed by atoms with Crippen molar-refractivity contribution in [2.24, 2.45) is 17.3 Å². The van der Waals surface area contributed by atoms with Gasteiger partial charge in [-0.15, -0.1) is 6.42 Å². The van der Waals surface area contributed by atoms with Crippen LogP contribution < -0.4 is 4.72 Å². The molecule has 5 atom stereocenters. The summed E-state index contributed by atoms with van der Waals surface area (Å²) in [5, 5.41) is 11.3. The molecule has 1 aromatic rings. The number of hydrogen-bond acceptors (Lipinski definition) is 4. The Balaban J connectivity index is 1.39. The van der Waals surface area contributed by atoms with Crippen molar-refractivity contribution in [3.05, 3.63) is 52.6 Å². The fraction of sp³-hybridized carbons (Fsp3) is 0.581. The molecule has 1 aromatic carbocycles. The molecule has 6 heteroatoms. The van der Waals surface area contributed by atoms with Crippen LogP contribution in [0.5, 0.6) is 0 Å². The topological polar surface area (TPSA) is 83.5 Å². The maximum Gasteiger partial charge on any atom is 0.235 e. The van der Waals surface area contributed by atoms with E-state index in [2.05, 4.69) is 17.6 Å². The van der Waals surface area contributed by atoms with Gasteiger partial charge in [0.05, 0.1) is 5.25 Å². The summed E-state index contributed by atoms with van der Waals surface area (Å²) in [5.41, 5.74) is 4.19. The number of benzene rings is 1. The first-order chi connectivity index (χ1) is 17.6. The van der Waals surface area contributed by atoms with Crippen LogP contribution in [-0.2, 0) is 14.8 Å². The van der Waals surface area contributed by atoms with Gasteiger partial charge in [-0.1, -0.05) is 43.4 Å². The Bertz CT molecular complexity index is 1330. The van der Waals surface area contributed by atoms with E-state index < -0.39 is 21.0 Å². The molecule has 0 aromatic heterocycles. The average Bonchev–Trinajstić information content (AvgIpc) is 3.51. The Kier molecular flexibility index (Phi) is 5.97. The standard InChI is InChI=1S/C31H37NO4S/c1-3-31(34)17-16-28-26-14-10-21-18-23(33)13-15-25(21)29(26)27(19-30(28,31)2)20-8-11-22(12-9-20)32-37(35,36)24-6-4-5-7-24/h1,8-9,11-12,18,24,26-28,32,34H,4-7,10,13-17,19H2,2H3/t26-,27+,28-,30-,31-/m0/s1. The van der Waals surface area contributed by atoms with E-state index in [9.17, 15) is 18.3 Å². The van der Waals surface area contributed by atoms with Gasteiger partial charge in [-0.2, -0.15) is 0 Å². The number of fused-ring (bicyclic) bond motifs is 4. The minimum atomic E-state index is -3.39. The SMILES string of the molecule is C#C[C@]1(O)CC[C@H]2[C@@H]3CCC4=CC(=O)CCC4=C3[C@@H](c3ccc(NS(=O)(=O)C4CCCC4)cc3)C[C@@]21C. The summed E-state index contributed by atoms with van der Waals surface area (Å²) in [6.07, 6.45) is 16.7. The largest absolute Gasteiger partial charge is 0.377 e. The first-order valence-electron chi connectivity index (χ1n) is 13.9. The third kappa shape index (κ3) is 3.92. The first kappa shape index (κ1) is 24.9. The minimum Gasteiger partial charge on any atom is -0.377 e. The Morgan fingerprint density at radius 3 is 2.49 bits per heavy atom. The maximum absolute atomic E-state index is 12.8. The summed E-state index contributed by atoms with van der Waals surface area (Å²) in [5.74, 6) is 3.74. The summed E-state index contributed by atoms with van der Waals surface area (Å²) in [6.45, 7) is 2.18. The van der Waals surface area contributed by atoms with Crippen LogP contribution in [0.15, 0.2) is 47.1 Å². The number of aliphatic hydroxyl groups is 1. The van der Waals surface area contributed by atoms with E-state index in [4.69, 9.17) is 6.42 Å². The lowest BCUT2D eigenvalue weighted by Crippen LogP contribution is -2.50. The second-order valence-electron chi connectivity index (χ2n) is 12.2. The predicted molar refractivity (Wildman–Crippen MR) is 145 cm³/mol. The van der Waals surface area contributed by atoms with Gasteiger partial charge in [-0.25, -0.2) is 8.42 Å². The summed E-state index contributed by atoms with van der Waals surface area (Å²) in [7, 11) is -3.39. The zero-order valence-electron chi connectivity index (χ0n) is 21.6. The van der Waals surface area contributed by atoms with E-state index >= 15 is 0 Å². The summed E-state index contributed by atoms with van der Waals surface area (Å²) >= 11 is 0. The lowest BCUT2D eigenvalue weighted by atomic mass is 9.51. The summed E-state index contributed by atoms with van der Waals surface area (Å²) < 4.78 is 28.5. The summed E-state index contributed by atoms with van der Waals surface area (Å²) in [6, 6.07) is 7.84. The number of nitrogens with one attached hydrogen (secondary N) is 1. The van der Waals surface area contributed by atoms with Gasteiger partial charge in [0.25, 0.3) is 0 Å². The molecule has 3 fully saturated rings. The van der Waals surface area contributed by atoms with Crippen molar-refractivity contribution >= 4 is 21.5 Å². The van der Waals surface area contributed by atoms with Crippen LogP contribution >= 0.6 is 0 Å². The van der Waals surface area contributed by atoms with E-state index in [1.54, 1.807) is 0 Å². The molecule has 196 valence electrons. The zero-order chi connectivity index (χ0) is 26.0. The number of hydrogen-bond donors (Lipinski definition) is 2. The predicted octanol–water partition coefficient (Wildman–Crippen LogP) is 5.63. The van der Waals surface area contributed by atoms with Crippen molar-refractivity contribution in [1.29, 1.82) is 0 Å². The van der Waals surface area contributed by atoms with Gasteiger partial charge in [0, 0.05) is 23.4 Å². The average molecular weight is 520 g/mol. The zero-order valence-corrected chi connectivity index (χ0v) is 22.4. The van der Waals surface area contributed by atoms with Crippen LogP contribution in [0.2, 0.25) is 0 Å². The molecular weight excluding hydrogens is 482 g/mol. The minimum absolute atomic E-state index is 0.0802. The molecule has 0 spiro atoms. The third-order valence-corrected chi connectivity index (χ3v) is 12.3. The second-order valence-corrected chi connectivity index (χ2v) is 14.2. The van der Waals surface area contributed by atoms with Crippen molar-refractivity contribution in [1.82, 2.24) is 0 Å². The number of rotatable bonds is 4. The van der Waals surface area contributed by atoms with Gasteiger partial charge in [0.2, 0.25) is 10.0 Å². The van der Waals surface area contributed by atoms with Gasteiger partial charge in [-0.05, 0) is 98.1 Å². The molecule has 0 unspecified atom stereocenters. The molecule has 6 rings (SSSR count). The molecule has 2 N–H and O–H groups in total. The van der Waals surface area contributed by atoms with E-state index in [-0.39, 0.29) is 17.0 Å². The fourth-order valence-electron chi connectivity index (χ4n) is 8.43. The number of anilines is 1. The monoisotopic (exact) mass is 519 g/mol. The lowest BCUT2D eigenvalue weighted by molar-refractivity contribution is -0.114. The molecule has 5 aliphatic rings. The molecule has 0 bridgehead atoms. The fourth-order valence-corrected chi connectivity index (χ4v) is 10.0. The first-order valence-corrected chi connectivity index (χ1v) is 15.5. The number of carbonyl (C=O) groups is 1. The van der Waals surface area contributed by atoms with Crippen LogP contribution in [-0.4, -0.2) is 30.2 Å². The normalized spacial score (nSPS) is 35.9. The molecule has 0 radical (unpaired) electrons. The van der Waals surface area contributed by atoms with Crippen LogP contribution in [0.3, 0.4) is 0 Å². The Hall–Kier alpha value is -2.36. The van der Waals surface area contributed by atoms with Gasteiger partial charge in [0.15, 0.2) is 5.78 Å². The molecular formula is C31H37NO4S. The van der Waals surface area contributed by atoms with Crippen LogP contribution in [0, 0.1) is 29.6 Å². The molecule has 0 saturated heterocycles. The van der Waals surface area contributed by atoms with Crippen LogP contribution in [0.1, 0.15) is 89.0 Å². The third-order valence-electron chi connectivity index (χ3n) is 10.4. The molecule has 3 saturated carbocycles. The van der Waals surface area contributed by atoms with E-state index in [0.29, 0.717) is 30.4 Å². The van der Waals surface area contributed by atoms with Crippen molar-refractivity contribution < 1.29 is 18.3 Å². The quantitative estimate of drug-likeness (QED) is 0.505. The highest BCUT2D eigenvalue weighted by Crippen LogP contribution is 2.66. The lowest BCUT2D eigenvalue weighted by Gasteiger charge is -2.53. The second kappa shape index (κ2) is 8.85. The number of ketones is 1. The smallest absolute Gasteiger partial charge is 0.235 e. The highest BCUT2D eigenvalue weighted by molar-refractivity contribution is 7.93. The molecule has 5 nitrogen and oxygen atoms in total. The molecule has 0 amide bonds. The molecule has 37 heavy (non-hydrogen) atoms. The number of carbonyl (C=O) groups excluding carboxylic acids is 1. The highest BCUT2D eigenvalue weighted by atomic mass is 32.2. The van der Waals surface area contributed by atoms with Crippen LogP contribution in [0.25, 0.3) is 0 Å². The summed E-state index contributed by atoms with van der Waals surface area (Å²) in [4.78, 5) is 12.2. The van der Waals surface area contributed by atoms with E-state index in [1.807, 2.05) is 30.3 Å². The van der Waals surface area contributed by atoms with E-state index in [0.717, 1.165) is 63.4 Å². The van der Waals surface area contributed by atoms with Crippen molar-refractivity contribution in [3.63, 3.8) is 0 Å². The molecule has 0 heterocycles. The van der Waals surface area contributed by atoms with Crippen LogP contribution in [0.4, 0.5) is 5.69 Å². The molecule has 0 aliphatic heterocycles. The number of terminal acetylenes is 1. The number of sulfonamides is 1. The van der Waals surface area contributed by atoms with Crippen molar-refractivity contribution in [2.75, 3.05) is 4.72 Å². The highest BCUT2D eigenvalue weighted by Gasteiger charge is 2.62. The van der Waals surface area contributed by atoms with Gasteiger partial charge in [-0.3, -0.25) is 9.52 Å². The molecule has 5 aliphatic carbocycles. The Morgan fingerprint density at radius 2 is 1.78 bits per heavy atom. The van der Waals surface area contributed by atoms with Gasteiger partial charge in [0.1, 0.15) is 5.60 Å². The number of allylic oxidation sites excluding steroid dienone is 4. The van der Waals surface area contributed by atoms with Crippen molar-refractivity contribution in [2.45, 2.75) is 94.3 Å². The maximum atomic E-state index is 12.8. The Labute approximate surface area is 220 Å².